The Hall–Kier alpha value is -3.16. The Morgan fingerprint density at radius 1 is 1.27 bits per heavy atom. The molecule has 0 saturated carbocycles. The molecule has 0 unspecified atom stereocenters. The zero-order chi connectivity index (χ0) is 18.3. The molecule has 0 radical (unpaired) electrons. The van der Waals surface area contributed by atoms with Gasteiger partial charge in [-0.25, -0.2) is 9.97 Å². The van der Waals surface area contributed by atoms with Crippen LogP contribution in [0, 0.1) is 5.92 Å². The molecule has 8 heteroatoms. The fraction of sp³-hybridized carbons (Fsp3) is 0.333. The van der Waals surface area contributed by atoms with E-state index < -0.39 is 0 Å². The average molecular weight is 352 g/mol. The van der Waals surface area contributed by atoms with E-state index in [1.165, 1.54) is 0 Å². The van der Waals surface area contributed by atoms with Crippen molar-refractivity contribution in [2.24, 2.45) is 13.0 Å². The van der Waals surface area contributed by atoms with E-state index in [4.69, 9.17) is 0 Å². The van der Waals surface area contributed by atoms with E-state index in [9.17, 15) is 9.59 Å². The van der Waals surface area contributed by atoms with Crippen LogP contribution in [0.25, 0.3) is 10.9 Å². The van der Waals surface area contributed by atoms with Crippen molar-refractivity contribution >= 4 is 22.8 Å². The van der Waals surface area contributed by atoms with Crippen molar-refractivity contribution in [3.8, 4) is 0 Å². The summed E-state index contributed by atoms with van der Waals surface area (Å²) in [6.45, 7) is 0.509. The molecule has 1 saturated heterocycles. The number of aryl methyl sites for hydroxylation is 1. The standard InChI is InChI=1S/C18H20N6O2/c1-23-8-7-19-16(23)15-11(9-14(25)24(15)2)10-20-18-21-13-6-4-3-5-12(13)17(26)22-18/h3-8,11,15H,9-10H2,1-2H3,(H2,20,21,22,26)/t11-,15+/m0/s1. The molecular formula is C18H20N6O2. The fourth-order valence-electron chi connectivity index (χ4n) is 3.58. The summed E-state index contributed by atoms with van der Waals surface area (Å²) in [7, 11) is 3.73. The number of aromatic amines is 1. The van der Waals surface area contributed by atoms with Crippen LogP contribution in [-0.2, 0) is 11.8 Å². The molecule has 1 fully saturated rings. The Kier molecular flexibility index (Phi) is 3.95. The number of amides is 1. The van der Waals surface area contributed by atoms with Crippen LogP contribution in [0.1, 0.15) is 18.3 Å². The molecule has 4 rings (SSSR count). The Balaban J connectivity index is 1.58. The van der Waals surface area contributed by atoms with Gasteiger partial charge in [-0.05, 0) is 12.1 Å². The number of benzene rings is 1. The van der Waals surface area contributed by atoms with E-state index >= 15 is 0 Å². The third-order valence-corrected chi connectivity index (χ3v) is 4.96. The van der Waals surface area contributed by atoms with Crippen LogP contribution in [0.2, 0.25) is 0 Å². The second kappa shape index (κ2) is 6.29. The lowest BCUT2D eigenvalue weighted by Crippen LogP contribution is -2.29. The van der Waals surface area contributed by atoms with Crippen molar-refractivity contribution in [3.05, 3.63) is 52.8 Å². The van der Waals surface area contributed by atoms with Gasteiger partial charge in [-0.3, -0.25) is 14.6 Å². The molecule has 0 spiro atoms. The normalized spacial score (nSPS) is 20.1. The van der Waals surface area contributed by atoms with E-state index in [0.29, 0.717) is 29.8 Å². The van der Waals surface area contributed by atoms with Gasteiger partial charge in [0.1, 0.15) is 5.82 Å². The molecule has 0 aliphatic carbocycles. The van der Waals surface area contributed by atoms with Crippen molar-refractivity contribution in [1.29, 1.82) is 0 Å². The minimum Gasteiger partial charge on any atom is -0.355 e. The van der Waals surface area contributed by atoms with Crippen LogP contribution in [0.3, 0.4) is 0 Å². The monoisotopic (exact) mass is 352 g/mol. The summed E-state index contributed by atoms with van der Waals surface area (Å²) in [6, 6.07) is 7.10. The Labute approximate surface area is 149 Å². The van der Waals surface area contributed by atoms with E-state index in [1.54, 1.807) is 30.3 Å². The van der Waals surface area contributed by atoms with Gasteiger partial charge in [0.05, 0.1) is 16.9 Å². The van der Waals surface area contributed by atoms with E-state index in [2.05, 4.69) is 20.3 Å². The largest absolute Gasteiger partial charge is 0.355 e. The quantitative estimate of drug-likeness (QED) is 0.738. The fourth-order valence-corrected chi connectivity index (χ4v) is 3.58. The van der Waals surface area contributed by atoms with Crippen LogP contribution >= 0.6 is 0 Å². The maximum absolute atomic E-state index is 12.2. The Morgan fingerprint density at radius 3 is 2.85 bits per heavy atom. The molecule has 134 valence electrons. The summed E-state index contributed by atoms with van der Waals surface area (Å²) in [4.78, 5) is 37.8. The number of fused-ring (bicyclic) bond motifs is 1. The maximum Gasteiger partial charge on any atom is 0.260 e. The van der Waals surface area contributed by atoms with Crippen LogP contribution in [0.5, 0.6) is 0 Å². The smallest absolute Gasteiger partial charge is 0.260 e. The lowest BCUT2D eigenvalue weighted by Gasteiger charge is -2.24. The lowest BCUT2D eigenvalue weighted by molar-refractivity contribution is -0.127. The predicted octanol–water partition coefficient (Wildman–Crippen LogP) is 1.29. The molecule has 1 amide bonds. The minimum absolute atomic E-state index is 0.0328. The third kappa shape index (κ3) is 2.73. The van der Waals surface area contributed by atoms with E-state index in [-0.39, 0.29) is 23.4 Å². The molecule has 3 heterocycles. The second-order valence-electron chi connectivity index (χ2n) is 6.62. The summed E-state index contributed by atoms with van der Waals surface area (Å²) < 4.78 is 1.93. The van der Waals surface area contributed by atoms with E-state index in [0.717, 1.165) is 5.82 Å². The molecule has 1 aliphatic heterocycles. The number of H-pyrrole nitrogens is 1. The zero-order valence-corrected chi connectivity index (χ0v) is 14.6. The van der Waals surface area contributed by atoms with Crippen LogP contribution in [-0.4, -0.2) is 43.9 Å². The average Bonchev–Trinajstić information content (AvgIpc) is 3.16. The van der Waals surface area contributed by atoms with Crippen molar-refractivity contribution < 1.29 is 4.79 Å². The highest BCUT2D eigenvalue weighted by Crippen LogP contribution is 2.35. The highest BCUT2D eigenvalue weighted by atomic mass is 16.2. The molecule has 0 bridgehead atoms. The number of imidazole rings is 1. The number of aromatic nitrogens is 4. The first kappa shape index (κ1) is 16.3. The number of rotatable bonds is 4. The maximum atomic E-state index is 12.2. The highest BCUT2D eigenvalue weighted by molar-refractivity contribution is 5.79. The van der Waals surface area contributed by atoms with Crippen molar-refractivity contribution in [2.45, 2.75) is 12.5 Å². The van der Waals surface area contributed by atoms with Crippen LogP contribution in [0.4, 0.5) is 5.95 Å². The van der Waals surface area contributed by atoms with Gasteiger partial charge in [0.2, 0.25) is 11.9 Å². The summed E-state index contributed by atoms with van der Waals surface area (Å²) in [5.74, 6) is 1.38. The molecule has 3 aromatic rings. The first-order valence-electron chi connectivity index (χ1n) is 8.50. The summed E-state index contributed by atoms with van der Waals surface area (Å²) in [6.07, 6.45) is 4.04. The molecule has 1 aliphatic rings. The van der Waals surface area contributed by atoms with Gasteiger partial charge in [-0.2, -0.15) is 0 Å². The molecule has 2 N–H and O–H groups in total. The molecule has 2 aromatic heterocycles. The molecule has 2 atom stereocenters. The van der Waals surface area contributed by atoms with Gasteiger partial charge < -0.3 is 14.8 Å². The third-order valence-electron chi connectivity index (χ3n) is 4.96. The minimum atomic E-state index is -0.182. The van der Waals surface area contributed by atoms with Crippen molar-refractivity contribution in [2.75, 3.05) is 18.9 Å². The number of hydrogen-bond acceptors (Lipinski definition) is 5. The molecule has 8 nitrogen and oxygen atoms in total. The van der Waals surface area contributed by atoms with Gasteiger partial charge in [0.15, 0.2) is 0 Å². The number of carbonyl (C=O) groups is 1. The first-order chi connectivity index (χ1) is 12.5. The summed E-state index contributed by atoms with van der Waals surface area (Å²) in [5, 5.41) is 3.74. The predicted molar refractivity (Wildman–Crippen MR) is 97.7 cm³/mol. The SMILES string of the molecule is CN1C(=O)C[C@@H](CNc2nc3ccccc3c(=O)[nH]2)[C@@H]1c1nccn1C. The Morgan fingerprint density at radius 2 is 2.08 bits per heavy atom. The number of nitrogens with one attached hydrogen (secondary N) is 2. The molecular weight excluding hydrogens is 332 g/mol. The number of hydrogen-bond donors (Lipinski definition) is 2. The topological polar surface area (TPSA) is 95.9 Å². The van der Waals surface area contributed by atoms with Gasteiger partial charge in [0, 0.05) is 45.4 Å². The number of para-hydroxylation sites is 1. The summed E-state index contributed by atoms with van der Waals surface area (Å²) in [5.41, 5.74) is 0.456. The number of carbonyl (C=O) groups excluding carboxylic acids is 1. The number of likely N-dealkylation sites (tertiary alicyclic amines) is 1. The van der Waals surface area contributed by atoms with Gasteiger partial charge >= 0.3 is 0 Å². The highest BCUT2D eigenvalue weighted by Gasteiger charge is 2.40. The molecule has 1 aromatic carbocycles. The van der Waals surface area contributed by atoms with Gasteiger partial charge in [0.25, 0.3) is 5.56 Å². The number of nitrogens with zero attached hydrogens (tertiary/aromatic N) is 4. The van der Waals surface area contributed by atoms with Crippen LogP contribution < -0.4 is 10.9 Å². The van der Waals surface area contributed by atoms with Crippen LogP contribution in [0.15, 0.2) is 41.5 Å². The van der Waals surface area contributed by atoms with Crippen molar-refractivity contribution in [1.82, 2.24) is 24.4 Å². The van der Waals surface area contributed by atoms with Gasteiger partial charge in [-0.15, -0.1) is 0 Å². The van der Waals surface area contributed by atoms with E-state index in [1.807, 2.05) is 29.9 Å². The Bertz CT molecular complexity index is 1020. The molecule has 26 heavy (non-hydrogen) atoms. The lowest BCUT2D eigenvalue weighted by atomic mass is 9.99. The van der Waals surface area contributed by atoms with Gasteiger partial charge in [-0.1, -0.05) is 12.1 Å². The number of anilines is 1. The summed E-state index contributed by atoms with van der Waals surface area (Å²) >= 11 is 0. The first-order valence-corrected chi connectivity index (χ1v) is 8.50. The van der Waals surface area contributed by atoms with Crippen molar-refractivity contribution in [3.63, 3.8) is 0 Å². The zero-order valence-electron chi connectivity index (χ0n) is 14.6. The second-order valence-corrected chi connectivity index (χ2v) is 6.62.